The molecular formula is C26H17ClN2. The third-order valence-electron chi connectivity index (χ3n) is 5.04. The molecule has 138 valence electrons. The molecule has 0 saturated heterocycles. The fraction of sp³-hybridized carbons (Fsp3) is 0. The summed E-state index contributed by atoms with van der Waals surface area (Å²) in [6.07, 6.45) is 0. The van der Waals surface area contributed by atoms with E-state index in [0.717, 1.165) is 33.3 Å². The molecule has 0 atom stereocenters. The van der Waals surface area contributed by atoms with Gasteiger partial charge >= 0.3 is 0 Å². The number of hydrogen-bond donors (Lipinski definition) is 0. The van der Waals surface area contributed by atoms with Gasteiger partial charge in [-0.15, -0.1) is 0 Å². The molecule has 0 fully saturated rings. The lowest BCUT2D eigenvalue weighted by Gasteiger charge is -2.10. The lowest BCUT2D eigenvalue weighted by molar-refractivity contribution is 1.22. The zero-order valence-corrected chi connectivity index (χ0v) is 16.3. The molecule has 29 heavy (non-hydrogen) atoms. The van der Waals surface area contributed by atoms with Crippen LogP contribution in [0.2, 0.25) is 5.28 Å². The molecule has 0 aliphatic heterocycles. The number of halogens is 1. The van der Waals surface area contributed by atoms with Crippen LogP contribution in [-0.4, -0.2) is 9.97 Å². The molecule has 0 amide bonds. The van der Waals surface area contributed by atoms with E-state index in [4.69, 9.17) is 11.6 Å². The van der Waals surface area contributed by atoms with E-state index < -0.39 is 0 Å². The molecular weight excluding hydrogens is 376 g/mol. The summed E-state index contributed by atoms with van der Waals surface area (Å²) in [7, 11) is 0. The topological polar surface area (TPSA) is 25.8 Å². The van der Waals surface area contributed by atoms with Gasteiger partial charge in [0, 0.05) is 10.9 Å². The van der Waals surface area contributed by atoms with Crippen LogP contribution in [0, 0.1) is 0 Å². The molecule has 0 unspecified atom stereocenters. The highest BCUT2D eigenvalue weighted by Gasteiger charge is 2.10. The summed E-state index contributed by atoms with van der Waals surface area (Å²) in [5.41, 5.74) is 7.41. The van der Waals surface area contributed by atoms with E-state index in [2.05, 4.69) is 70.6 Å². The Kier molecular flexibility index (Phi) is 4.55. The van der Waals surface area contributed by atoms with Gasteiger partial charge in [-0.05, 0) is 46.0 Å². The number of rotatable bonds is 3. The Morgan fingerprint density at radius 3 is 1.66 bits per heavy atom. The van der Waals surface area contributed by atoms with Crippen molar-refractivity contribution in [1.82, 2.24) is 9.97 Å². The quantitative estimate of drug-likeness (QED) is 0.301. The lowest BCUT2D eigenvalue weighted by atomic mass is 9.98. The number of hydrogen-bond acceptors (Lipinski definition) is 2. The van der Waals surface area contributed by atoms with Crippen LogP contribution in [0.4, 0.5) is 0 Å². The minimum absolute atomic E-state index is 0.260. The summed E-state index contributed by atoms with van der Waals surface area (Å²) in [6, 6.07) is 35.3. The first kappa shape index (κ1) is 17.6. The molecule has 2 nitrogen and oxygen atoms in total. The number of aromatic nitrogens is 2. The van der Waals surface area contributed by atoms with Gasteiger partial charge < -0.3 is 0 Å². The van der Waals surface area contributed by atoms with Gasteiger partial charge in [0.25, 0.3) is 0 Å². The molecule has 0 spiro atoms. The van der Waals surface area contributed by atoms with E-state index in [9.17, 15) is 0 Å². The first-order valence-corrected chi connectivity index (χ1v) is 9.84. The largest absolute Gasteiger partial charge is 0.223 e. The zero-order valence-electron chi connectivity index (χ0n) is 15.6. The molecule has 4 aromatic carbocycles. The highest BCUT2D eigenvalue weighted by atomic mass is 35.5. The van der Waals surface area contributed by atoms with Crippen molar-refractivity contribution in [3.63, 3.8) is 0 Å². The Morgan fingerprint density at radius 2 is 1.00 bits per heavy atom. The Hall–Kier alpha value is -3.49. The molecule has 0 saturated carbocycles. The van der Waals surface area contributed by atoms with Crippen molar-refractivity contribution in [1.29, 1.82) is 0 Å². The predicted molar refractivity (Wildman–Crippen MR) is 121 cm³/mol. The van der Waals surface area contributed by atoms with Gasteiger partial charge in [0.15, 0.2) is 0 Å². The first-order valence-electron chi connectivity index (χ1n) is 9.46. The average molecular weight is 393 g/mol. The van der Waals surface area contributed by atoms with E-state index in [1.54, 1.807) is 0 Å². The van der Waals surface area contributed by atoms with Gasteiger partial charge in [0.2, 0.25) is 5.28 Å². The van der Waals surface area contributed by atoms with Crippen LogP contribution in [0.15, 0.2) is 103 Å². The van der Waals surface area contributed by atoms with Crippen molar-refractivity contribution in [2.24, 2.45) is 0 Å². The molecule has 3 heteroatoms. The normalized spacial score (nSPS) is 10.9. The Balaban J connectivity index is 1.60. The highest BCUT2D eigenvalue weighted by Crippen LogP contribution is 2.32. The van der Waals surface area contributed by atoms with Crippen molar-refractivity contribution >= 4 is 22.5 Å². The summed E-state index contributed by atoms with van der Waals surface area (Å²) >= 11 is 6.18. The van der Waals surface area contributed by atoms with Crippen LogP contribution >= 0.6 is 11.6 Å². The molecule has 0 aliphatic rings. The van der Waals surface area contributed by atoms with Gasteiger partial charge in [0.05, 0.1) is 11.2 Å². The Morgan fingerprint density at radius 1 is 0.483 bits per heavy atom. The minimum atomic E-state index is 0.260. The maximum absolute atomic E-state index is 6.18. The Bertz CT molecular complexity index is 1280. The number of nitrogens with zero attached hydrogens (tertiary/aromatic N) is 2. The summed E-state index contributed by atoms with van der Waals surface area (Å²) in [5.74, 6) is 0. The molecule has 5 rings (SSSR count). The van der Waals surface area contributed by atoms with E-state index in [1.165, 1.54) is 11.1 Å². The van der Waals surface area contributed by atoms with Gasteiger partial charge in [-0.3, -0.25) is 0 Å². The van der Waals surface area contributed by atoms with Crippen molar-refractivity contribution in [3.05, 3.63) is 108 Å². The third kappa shape index (κ3) is 3.51. The van der Waals surface area contributed by atoms with Gasteiger partial charge in [-0.2, -0.15) is 0 Å². The zero-order chi connectivity index (χ0) is 19.6. The fourth-order valence-corrected chi connectivity index (χ4v) is 3.76. The summed E-state index contributed by atoms with van der Waals surface area (Å²) in [6.45, 7) is 0. The summed E-state index contributed by atoms with van der Waals surface area (Å²) < 4.78 is 0. The SMILES string of the molecule is Clc1nc(-c2ccccc2)c2cc(-c3ccc(-c4ccccc4)cc3)ccc2n1. The standard InChI is InChI=1S/C26H17ClN2/c27-26-28-24-16-15-22(17-23(24)25(29-26)21-9-5-2-6-10-21)20-13-11-19(12-14-20)18-7-3-1-4-8-18/h1-17H. The number of fused-ring (bicyclic) bond motifs is 1. The second kappa shape index (κ2) is 7.50. The van der Waals surface area contributed by atoms with Gasteiger partial charge in [0.1, 0.15) is 0 Å². The maximum Gasteiger partial charge on any atom is 0.223 e. The second-order valence-corrected chi connectivity index (χ2v) is 7.22. The lowest BCUT2D eigenvalue weighted by Crippen LogP contribution is -1.92. The summed E-state index contributed by atoms with van der Waals surface area (Å²) in [5, 5.41) is 1.25. The highest BCUT2D eigenvalue weighted by molar-refractivity contribution is 6.28. The Labute approximate surface area is 174 Å². The fourth-order valence-electron chi connectivity index (χ4n) is 3.58. The van der Waals surface area contributed by atoms with Gasteiger partial charge in [-0.25, -0.2) is 9.97 Å². The molecule has 5 aromatic rings. The van der Waals surface area contributed by atoms with Crippen LogP contribution in [0.3, 0.4) is 0 Å². The minimum Gasteiger partial charge on any atom is -0.218 e. The molecule has 0 aliphatic carbocycles. The van der Waals surface area contributed by atoms with Crippen molar-refractivity contribution in [2.75, 3.05) is 0 Å². The van der Waals surface area contributed by atoms with E-state index in [0.29, 0.717) is 0 Å². The molecule has 1 heterocycles. The van der Waals surface area contributed by atoms with Crippen LogP contribution in [0.1, 0.15) is 0 Å². The van der Waals surface area contributed by atoms with Crippen LogP contribution in [-0.2, 0) is 0 Å². The monoisotopic (exact) mass is 392 g/mol. The van der Waals surface area contributed by atoms with E-state index in [1.807, 2.05) is 42.5 Å². The van der Waals surface area contributed by atoms with Crippen LogP contribution < -0.4 is 0 Å². The smallest absolute Gasteiger partial charge is 0.218 e. The van der Waals surface area contributed by atoms with E-state index in [-0.39, 0.29) is 5.28 Å². The molecule has 0 radical (unpaired) electrons. The van der Waals surface area contributed by atoms with Crippen molar-refractivity contribution in [3.8, 4) is 33.5 Å². The first-order chi connectivity index (χ1) is 14.3. The van der Waals surface area contributed by atoms with Gasteiger partial charge in [-0.1, -0.05) is 91.0 Å². The predicted octanol–water partition coefficient (Wildman–Crippen LogP) is 7.28. The molecule has 1 aromatic heterocycles. The van der Waals surface area contributed by atoms with Crippen molar-refractivity contribution < 1.29 is 0 Å². The number of benzene rings is 4. The third-order valence-corrected chi connectivity index (χ3v) is 5.21. The second-order valence-electron chi connectivity index (χ2n) is 6.88. The molecule has 0 bridgehead atoms. The van der Waals surface area contributed by atoms with E-state index >= 15 is 0 Å². The van der Waals surface area contributed by atoms with Crippen LogP contribution in [0.25, 0.3) is 44.4 Å². The maximum atomic E-state index is 6.18. The summed E-state index contributed by atoms with van der Waals surface area (Å²) in [4.78, 5) is 8.92. The van der Waals surface area contributed by atoms with Crippen LogP contribution in [0.5, 0.6) is 0 Å². The van der Waals surface area contributed by atoms with Crippen molar-refractivity contribution in [2.45, 2.75) is 0 Å². The molecule has 0 N–H and O–H groups in total. The average Bonchev–Trinajstić information content (AvgIpc) is 2.79.